The Labute approximate surface area is 129 Å². The smallest absolute Gasteiger partial charge is 0.336 e. The number of carboxylic acids is 1. The number of para-hydroxylation sites is 1. The molecule has 2 rings (SSSR count). The number of rotatable bonds is 3. The van der Waals surface area contributed by atoms with Gasteiger partial charge in [-0.05, 0) is 52.7 Å². The van der Waals surface area contributed by atoms with E-state index in [9.17, 15) is 14.7 Å². The van der Waals surface area contributed by atoms with Crippen molar-refractivity contribution in [2.75, 3.05) is 5.32 Å². The van der Waals surface area contributed by atoms with E-state index in [4.69, 9.17) is 5.11 Å². The van der Waals surface area contributed by atoms with Crippen molar-refractivity contribution in [3.8, 4) is 5.75 Å². The van der Waals surface area contributed by atoms with E-state index in [0.29, 0.717) is 15.7 Å². The molecule has 0 aliphatic heterocycles. The van der Waals surface area contributed by atoms with Gasteiger partial charge in [0.1, 0.15) is 5.75 Å². The molecule has 0 saturated carbocycles. The fourth-order valence-corrected chi connectivity index (χ4v) is 2.22. The molecule has 5 nitrogen and oxygen atoms in total. The molecule has 0 unspecified atom stereocenters. The number of amides is 1. The summed E-state index contributed by atoms with van der Waals surface area (Å²) in [6.45, 7) is 1.69. The molecule has 3 N–H and O–H groups in total. The third kappa shape index (κ3) is 3.22. The number of carboxylic acid groups (broad SMARTS) is 1. The number of carbonyl (C=O) groups is 2. The van der Waals surface area contributed by atoms with Crippen molar-refractivity contribution in [3.63, 3.8) is 0 Å². The molecule has 0 aliphatic rings. The average Bonchev–Trinajstić information content (AvgIpc) is 2.43. The van der Waals surface area contributed by atoms with E-state index < -0.39 is 11.9 Å². The lowest BCUT2D eigenvalue weighted by Gasteiger charge is -2.09. The highest BCUT2D eigenvalue weighted by Gasteiger charge is 2.14. The minimum absolute atomic E-state index is 0.0428. The van der Waals surface area contributed by atoms with Gasteiger partial charge in [-0.25, -0.2) is 4.79 Å². The number of aromatic hydroxyl groups is 1. The van der Waals surface area contributed by atoms with Gasteiger partial charge in [-0.2, -0.15) is 0 Å². The normalized spacial score (nSPS) is 10.2. The number of nitrogens with one attached hydrogen (secondary N) is 1. The summed E-state index contributed by atoms with van der Waals surface area (Å²) in [5.41, 5.74) is 1.10. The van der Waals surface area contributed by atoms with E-state index in [1.165, 1.54) is 18.2 Å². The van der Waals surface area contributed by atoms with Crippen LogP contribution in [-0.4, -0.2) is 22.1 Å². The van der Waals surface area contributed by atoms with Gasteiger partial charge in [0.05, 0.1) is 11.1 Å². The summed E-state index contributed by atoms with van der Waals surface area (Å²) >= 11 is 3.13. The third-order valence-electron chi connectivity index (χ3n) is 2.94. The quantitative estimate of drug-likeness (QED) is 0.792. The van der Waals surface area contributed by atoms with E-state index in [1.54, 1.807) is 25.1 Å². The topological polar surface area (TPSA) is 86.6 Å². The van der Waals surface area contributed by atoms with Crippen LogP contribution in [0.4, 0.5) is 5.69 Å². The number of phenolic OH excluding ortho intramolecular Hbond substituents is 1. The Morgan fingerprint density at radius 1 is 1.14 bits per heavy atom. The Morgan fingerprint density at radius 2 is 1.86 bits per heavy atom. The first kappa shape index (κ1) is 15.1. The van der Waals surface area contributed by atoms with Crippen LogP contribution in [0.3, 0.4) is 0 Å². The Morgan fingerprint density at radius 3 is 2.52 bits per heavy atom. The fraction of sp³-hybridized carbons (Fsp3) is 0.0667. The van der Waals surface area contributed by atoms with Gasteiger partial charge in [-0.3, -0.25) is 4.79 Å². The van der Waals surface area contributed by atoms with Crippen LogP contribution < -0.4 is 5.32 Å². The molecule has 0 radical (unpaired) electrons. The van der Waals surface area contributed by atoms with E-state index >= 15 is 0 Å². The molecule has 0 bridgehead atoms. The van der Waals surface area contributed by atoms with E-state index in [1.807, 2.05) is 0 Å². The van der Waals surface area contributed by atoms with Gasteiger partial charge in [0.2, 0.25) is 0 Å². The molecular formula is C15H12BrNO4. The SMILES string of the molecule is Cc1cccc(C(=O)Nc2ccc(Br)c(C(=O)O)c2)c1O. The number of benzene rings is 2. The van der Waals surface area contributed by atoms with E-state index in [2.05, 4.69) is 21.2 Å². The maximum absolute atomic E-state index is 12.1. The highest BCUT2D eigenvalue weighted by molar-refractivity contribution is 9.10. The second kappa shape index (κ2) is 5.97. The number of aryl methyl sites for hydroxylation is 1. The van der Waals surface area contributed by atoms with Crippen molar-refractivity contribution < 1.29 is 19.8 Å². The number of anilines is 1. The molecule has 0 atom stereocenters. The van der Waals surface area contributed by atoms with Crippen LogP contribution in [0.15, 0.2) is 40.9 Å². The largest absolute Gasteiger partial charge is 0.507 e. The maximum atomic E-state index is 12.1. The van der Waals surface area contributed by atoms with Crippen molar-refractivity contribution >= 4 is 33.5 Å². The third-order valence-corrected chi connectivity index (χ3v) is 3.63. The van der Waals surface area contributed by atoms with Crippen LogP contribution in [0.2, 0.25) is 0 Å². The Bertz CT molecular complexity index is 728. The molecule has 21 heavy (non-hydrogen) atoms. The van der Waals surface area contributed by atoms with Gasteiger partial charge in [0.15, 0.2) is 0 Å². The molecule has 0 saturated heterocycles. The standard InChI is InChI=1S/C15H12BrNO4/c1-8-3-2-4-10(13(8)18)14(19)17-9-5-6-12(16)11(7-9)15(20)21/h2-7,18H,1H3,(H,17,19)(H,20,21). The van der Waals surface area contributed by atoms with Gasteiger partial charge in [0.25, 0.3) is 5.91 Å². The van der Waals surface area contributed by atoms with Crippen LogP contribution >= 0.6 is 15.9 Å². The summed E-state index contributed by atoms with van der Waals surface area (Å²) in [5, 5.41) is 21.5. The first-order chi connectivity index (χ1) is 9.90. The second-order valence-corrected chi connectivity index (χ2v) is 5.28. The van der Waals surface area contributed by atoms with Crippen molar-refractivity contribution in [2.24, 2.45) is 0 Å². The summed E-state index contributed by atoms with van der Waals surface area (Å²) in [6, 6.07) is 9.30. The van der Waals surface area contributed by atoms with Crippen LogP contribution in [0.5, 0.6) is 5.75 Å². The molecule has 2 aromatic carbocycles. The highest BCUT2D eigenvalue weighted by Crippen LogP contribution is 2.24. The zero-order valence-corrected chi connectivity index (χ0v) is 12.6. The Hall–Kier alpha value is -2.34. The highest BCUT2D eigenvalue weighted by atomic mass is 79.9. The zero-order chi connectivity index (χ0) is 15.6. The van der Waals surface area contributed by atoms with Crippen LogP contribution in [0.25, 0.3) is 0 Å². The van der Waals surface area contributed by atoms with Gasteiger partial charge in [0, 0.05) is 10.2 Å². The summed E-state index contributed by atoms with van der Waals surface area (Å²) in [4.78, 5) is 23.2. The molecule has 0 aliphatic carbocycles. The van der Waals surface area contributed by atoms with Crippen LogP contribution in [0, 0.1) is 6.92 Å². The zero-order valence-electron chi connectivity index (χ0n) is 11.1. The molecule has 0 heterocycles. The lowest BCUT2D eigenvalue weighted by Crippen LogP contribution is -2.13. The van der Waals surface area contributed by atoms with Gasteiger partial charge in [-0.1, -0.05) is 12.1 Å². The number of halogens is 1. The van der Waals surface area contributed by atoms with Crippen LogP contribution in [-0.2, 0) is 0 Å². The monoisotopic (exact) mass is 349 g/mol. The Kier molecular flexibility index (Phi) is 4.28. The first-order valence-electron chi connectivity index (χ1n) is 6.03. The predicted molar refractivity (Wildman–Crippen MR) is 81.9 cm³/mol. The number of carbonyl (C=O) groups excluding carboxylic acids is 1. The summed E-state index contributed by atoms with van der Waals surface area (Å²) in [6.07, 6.45) is 0. The van der Waals surface area contributed by atoms with Gasteiger partial charge in [-0.15, -0.1) is 0 Å². The molecule has 2 aromatic rings. The van der Waals surface area contributed by atoms with E-state index in [-0.39, 0.29) is 16.9 Å². The number of phenols is 1. The molecule has 0 spiro atoms. The minimum Gasteiger partial charge on any atom is -0.507 e. The van der Waals surface area contributed by atoms with Crippen LogP contribution in [0.1, 0.15) is 26.3 Å². The lowest BCUT2D eigenvalue weighted by molar-refractivity contribution is 0.0695. The first-order valence-corrected chi connectivity index (χ1v) is 6.82. The Balaban J connectivity index is 2.30. The summed E-state index contributed by atoms with van der Waals surface area (Å²) in [5.74, 6) is -1.70. The fourth-order valence-electron chi connectivity index (χ4n) is 1.81. The molecule has 0 aromatic heterocycles. The summed E-state index contributed by atoms with van der Waals surface area (Å²) < 4.78 is 0.423. The lowest BCUT2D eigenvalue weighted by atomic mass is 10.1. The average molecular weight is 350 g/mol. The molecule has 0 fully saturated rings. The minimum atomic E-state index is -1.10. The number of aromatic carboxylic acids is 1. The molecular weight excluding hydrogens is 338 g/mol. The number of hydrogen-bond donors (Lipinski definition) is 3. The van der Waals surface area contributed by atoms with Gasteiger partial charge >= 0.3 is 5.97 Å². The molecule has 108 valence electrons. The summed E-state index contributed by atoms with van der Waals surface area (Å²) in [7, 11) is 0. The van der Waals surface area contributed by atoms with Crippen molar-refractivity contribution in [2.45, 2.75) is 6.92 Å². The van der Waals surface area contributed by atoms with Crippen molar-refractivity contribution in [1.29, 1.82) is 0 Å². The number of hydrogen-bond acceptors (Lipinski definition) is 3. The van der Waals surface area contributed by atoms with Gasteiger partial charge < -0.3 is 15.5 Å². The maximum Gasteiger partial charge on any atom is 0.336 e. The molecule has 6 heteroatoms. The van der Waals surface area contributed by atoms with Crippen molar-refractivity contribution in [3.05, 3.63) is 57.6 Å². The van der Waals surface area contributed by atoms with Crippen molar-refractivity contribution in [1.82, 2.24) is 0 Å². The molecule has 1 amide bonds. The van der Waals surface area contributed by atoms with E-state index in [0.717, 1.165) is 0 Å². The predicted octanol–water partition coefficient (Wildman–Crippen LogP) is 3.41. The second-order valence-electron chi connectivity index (χ2n) is 4.42.